The summed E-state index contributed by atoms with van der Waals surface area (Å²) in [5, 5.41) is 12.0. The molecule has 2 amide bonds. The van der Waals surface area contributed by atoms with Crippen molar-refractivity contribution >= 4 is 39.2 Å². The maximum atomic E-state index is 13.6. The topological polar surface area (TPSA) is 159 Å². The third-order valence-electron chi connectivity index (χ3n) is 5.05. The van der Waals surface area contributed by atoms with Crippen molar-refractivity contribution in [2.24, 2.45) is 5.73 Å². The molecule has 0 bridgehead atoms. The Morgan fingerprint density at radius 1 is 1.06 bits per heavy atom. The van der Waals surface area contributed by atoms with Crippen molar-refractivity contribution in [2.45, 2.75) is 4.90 Å². The molecule has 0 saturated carbocycles. The maximum absolute atomic E-state index is 13.6. The number of sulfonamides is 1. The molecule has 1 saturated heterocycles. The number of carboxylic acid groups (broad SMARTS) is 1. The summed E-state index contributed by atoms with van der Waals surface area (Å²) in [7, 11) is -4.16. The van der Waals surface area contributed by atoms with E-state index >= 15 is 0 Å². The molecule has 2 aromatic carbocycles. The number of aromatic carboxylic acids is 1. The van der Waals surface area contributed by atoms with E-state index in [9.17, 15) is 27.9 Å². The minimum Gasteiger partial charge on any atom is -0.478 e. The number of ether oxygens (including phenoxy) is 1. The fraction of sp³-hybridized carbons (Fsp3) is 0.286. The number of nitrogens with zero attached hydrogens (tertiary/aromatic N) is 2. The smallest absolute Gasteiger partial charge is 0.339 e. The van der Waals surface area contributed by atoms with E-state index in [0.717, 1.165) is 4.31 Å². The van der Waals surface area contributed by atoms with Gasteiger partial charge in [0.25, 0.3) is 10.0 Å². The van der Waals surface area contributed by atoms with E-state index in [1.807, 2.05) is 4.90 Å². The summed E-state index contributed by atoms with van der Waals surface area (Å²) in [4.78, 5) is 37.1. The van der Waals surface area contributed by atoms with Crippen LogP contribution in [0.3, 0.4) is 0 Å². The summed E-state index contributed by atoms with van der Waals surface area (Å²) in [5.41, 5.74) is 4.09. The van der Waals surface area contributed by atoms with Crippen LogP contribution in [0, 0.1) is 0 Å². The summed E-state index contributed by atoms with van der Waals surface area (Å²) in [6, 6.07) is 11.6. The zero-order valence-electron chi connectivity index (χ0n) is 17.6. The van der Waals surface area contributed by atoms with Gasteiger partial charge >= 0.3 is 17.8 Å². The van der Waals surface area contributed by atoms with Gasteiger partial charge in [-0.25, -0.2) is 13.2 Å². The van der Waals surface area contributed by atoms with E-state index in [4.69, 9.17) is 10.5 Å². The fourth-order valence-electron chi connectivity index (χ4n) is 3.41. The maximum Gasteiger partial charge on any atom is 0.339 e. The van der Waals surface area contributed by atoms with E-state index in [-0.39, 0.29) is 22.8 Å². The second kappa shape index (κ2) is 10.4. The van der Waals surface area contributed by atoms with Crippen LogP contribution in [-0.4, -0.2) is 75.6 Å². The number of hydrogen-bond acceptors (Lipinski definition) is 7. The Bertz CT molecular complexity index is 1130. The van der Waals surface area contributed by atoms with Gasteiger partial charge in [-0.3, -0.25) is 18.8 Å². The van der Waals surface area contributed by atoms with Crippen LogP contribution in [0.15, 0.2) is 53.4 Å². The van der Waals surface area contributed by atoms with E-state index in [0.29, 0.717) is 32.8 Å². The van der Waals surface area contributed by atoms with Gasteiger partial charge in [-0.1, -0.05) is 24.3 Å². The number of morpholine rings is 1. The van der Waals surface area contributed by atoms with Crippen LogP contribution in [0.5, 0.6) is 0 Å². The first kappa shape index (κ1) is 24.2. The number of hydrogen-bond donors (Lipinski definition) is 3. The third-order valence-corrected chi connectivity index (χ3v) is 6.88. The van der Waals surface area contributed by atoms with E-state index in [1.54, 1.807) is 18.2 Å². The number of benzene rings is 2. The average molecular weight is 477 g/mol. The molecule has 1 fully saturated rings. The highest BCUT2D eigenvalue weighted by atomic mass is 32.2. The molecular weight excluding hydrogens is 452 g/mol. The van der Waals surface area contributed by atoms with Gasteiger partial charge in [0.05, 0.1) is 29.5 Å². The number of carbonyl (C=O) groups is 3. The van der Waals surface area contributed by atoms with Crippen molar-refractivity contribution in [3.8, 4) is 0 Å². The Hall–Kier alpha value is -3.48. The van der Waals surface area contributed by atoms with Crippen LogP contribution in [-0.2, 0) is 24.3 Å². The molecule has 0 atom stereocenters. The van der Waals surface area contributed by atoms with Crippen molar-refractivity contribution in [1.82, 2.24) is 4.90 Å². The number of anilines is 2. The quantitative estimate of drug-likeness (QED) is 0.460. The van der Waals surface area contributed by atoms with Crippen molar-refractivity contribution in [1.29, 1.82) is 0 Å². The molecule has 2 aromatic rings. The average Bonchev–Trinajstić information content (AvgIpc) is 2.80. The van der Waals surface area contributed by atoms with E-state index in [2.05, 4.69) is 5.32 Å². The van der Waals surface area contributed by atoms with Gasteiger partial charge in [0.2, 0.25) is 0 Å². The second-order valence-electron chi connectivity index (χ2n) is 7.17. The first-order valence-corrected chi connectivity index (χ1v) is 11.5. The van der Waals surface area contributed by atoms with Crippen molar-refractivity contribution in [3.63, 3.8) is 0 Å². The third kappa shape index (κ3) is 5.66. The first-order chi connectivity index (χ1) is 15.7. The number of nitrogens with two attached hydrogens (primary N) is 1. The van der Waals surface area contributed by atoms with Gasteiger partial charge in [0.15, 0.2) is 0 Å². The predicted octanol–water partition coefficient (Wildman–Crippen LogP) is 0.336. The van der Waals surface area contributed by atoms with Crippen LogP contribution in [0.25, 0.3) is 0 Å². The minimum absolute atomic E-state index is 0.0186. The molecule has 0 unspecified atom stereocenters. The van der Waals surface area contributed by atoms with Crippen molar-refractivity contribution < 1.29 is 32.6 Å². The molecule has 1 aliphatic heterocycles. The Balaban J connectivity index is 2.08. The molecule has 176 valence electrons. The van der Waals surface area contributed by atoms with Crippen LogP contribution in [0.4, 0.5) is 11.4 Å². The van der Waals surface area contributed by atoms with Crippen LogP contribution >= 0.6 is 0 Å². The van der Waals surface area contributed by atoms with Gasteiger partial charge in [0.1, 0.15) is 5.56 Å². The molecular formula is C21H24N4O7S. The van der Waals surface area contributed by atoms with E-state index < -0.39 is 33.4 Å². The number of rotatable bonds is 8. The monoisotopic (exact) mass is 476 g/mol. The van der Waals surface area contributed by atoms with Crippen molar-refractivity contribution in [3.05, 3.63) is 54.1 Å². The fourth-order valence-corrected chi connectivity index (χ4v) is 4.90. The highest BCUT2D eigenvalue weighted by Gasteiger charge is 2.31. The number of carbonyl (C=O) groups excluding carboxylic acids is 2. The van der Waals surface area contributed by atoms with E-state index in [1.165, 1.54) is 30.3 Å². The molecule has 0 spiro atoms. The molecule has 12 heteroatoms. The Kier molecular flexibility index (Phi) is 7.63. The van der Waals surface area contributed by atoms with Gasteiger partial charge in [-0.15, -0.1) is 0 Å². The first-order valence-electron chi connectivity index (χ1n) is 10.1. The Morgan fingerprint density at radius 3 is 2.33 bits per heavy atom. The van der Waals surface area contributed by atoms with Crippen LogP contribution in [0.1, 0.15) is 10.4 Å². The Morgan fingerprint density at radius 2 is 1.73 bits per heavy atom. The second-order valence-corrected chi connectivity index (χ2v) is 9.03. The highest BCUT2D eigenvalue weighted by Crippen LogP contribution is 2.32. The summed E-state index contributed by atoms with van der Waals surface area (Å²) >= 11 is 0. The lowest BCUT2D eigenvalue weighted by Gasteiger charge is -2.31. The summed E-state index contributed by atoms with van der Waals surface area (Å²) in [6.45, 7) is 2.53. The van der Waals surface area contributed by atoms with Crippen LogP contribution in [0.2, 0.25) is 0 Å². The van der Waals surface area contributed by atoms with Crippen molar-refractivity contribution in [2.75, 3.05) is 49.0 Å². The molecule has 1 aliphatic rings. The molecule has 0 aromatic heterocycles. The van der Waals surface area contributed by atoms with Gasteiger partial charge in [0, 0.05) is 26.2 Å². The van der Waals surface area contributed by atoms with Gasteiger partial charge in [-0.05, 0) is 24.3 Å². The highest BCUT2D eigenvalue weighted by molar-refractivity contribution is 7.92. The molecule has 0 aliphatic carbocycles. The molecule has 0 radical (unpaired) electrons. The molecule has 4 N–H and O–H groups in total. The SMILES string of the molecule is NC(=O)C(=O)Nc1cccc(N(CCN2CCOCC2)S(=O)(=O)c2ccccc2)c1C(=O)O. The standard InChI is InChI=1S/C21H24N4O7S/c22-19(26)20(27)23-16-7-4-8-17(18(16)21(28)29)25(10-9-24-11-13-32-14-12-24)33(30,31)15-5-2-1-3-6-15/h1-8H,9-14H2,(H2,22,26)(H,23,27)(H,28,29). The molecule has 33 heavy (non-hydrogen) atoms. The zero-order valence-corrected chi connectivity index (χ0v) is 18.5. The normalized spacial score (nSPS) is 14.4. The lowest BCUT2D eigenvalue weighted by atomic mass is 10.1. The number of primary amides is 1. The summed E-state index contributed by atoms with van der Waals surface area (Å²) in [6.07, 6.45) is 0. The lowest BCUT2D eigenvalue weighted by Crippen LogP contribution is -2.43. The summed E-state index contributed by atoms with van der Waals surface area (Å²) in [5.74, 6) is -4.01. The zero-order chi connectivity index (χ0) is 24.0. The minimum atomic E-state index is -4.16. The largest absolute Gasteiger partial charge is 0.478 e. The predicted molar refractivity (Wildman–Crippen MR) is 119 cm³/mol. The number of nitrogens with one attached hydrogen (secondary N) is 1. The lowest BCUT2D eigenvalue weighted by molar-refractivity contribution is -0.134. The van der Waals surface area contributed by atoms with Crippen LogP contribution < -0.4 is 15.4 Å². The summed E-state index contributed by atoms with van der Waals surface area (Å²) < 4.78 is 33.4. The molecule has 3 rings (SSSR count). The molecule has 11 nitrogen and oxygen atoms in total. The number of carboxylic acids is 1. The van der Waals surface area contributed by atoms with Gasteiger partial charge in [-0.2, -0.15) is 0 Å². The van der Waals surface area contributed by atoms with Gasteiger partial charge < -0.3 is 20.9 Å². The molecule has 1 heterocycles. The number of amides is 2. The Labute approximate surface area is 190 Å².